The van der Waals surface area contributed by atoms with Gasteiger partial charge in [-0.2, -0.15) is 5.10 Å². The largest absolute Gasteiger partial charge is 0.277 e. The summed E-state index contributed by atoms with van der Waals surface area (Å²) in [5, 5.41) is 12.3. The number of nitrogens with two attached hydrogens (primary N) is 1. The maximum atomic E-state index is 12.5. The molecule has 120 valence electrons. The number of anilines is 1. The van der Waals surface area contributed by atoms with Crippen molar-refractivity contribution < 1.29 is 16.8 Å². The molecule has 23 heavy (non-hydrogen) atoms. The number of sulfonamides is 2. The van der Waals surface area contributed by atoms with Gasteiger partial charge < -0.3 is 0 Å². The smallest absolute Gasteiger partial charge is 0.262 e. The number of benzene rings is 2. The van der Waals surface area contributed by atoms with Crippen LogP contribution in [0.3, 0.4) is 0 Å². The lowest BCUT2D eigenvalue weighted by Gasteiger charge is -2.09. The molecule has 1 aromatic heterocycles. The fourth-order valence-corrected chi connectivity index (χ4v) is 3.83. The van der Waals surface area contributed by atoms with Crippen molar-refractivity contribution in [2.24, 2.45) is 5.14 Å². The Hall–Kier alpha value is -2.43. The van der Waals surface area contributed by atoms with Crippen molar-refractivity contribution in [3.05, 3.63) is 48.7 Å². The third-order valence-electron chi connectivity index (χ3n) is 3.17. The monoisotopic (exact) mass is 352 g/mol. The van der Waals surface area contributed by atoms with E-state index in [4.69, 9.17) is 5.14 Å². The van der Waals surface area contributed by atoms with Gasteiger partial charge in [-0.3, -0.25) is 9.82 Å². The van der Waals surface area contributed by atoms with E-state index in [0.29, 0.717) is 11.2 Å². The molecule has 0 fully saturated rings. The number of aromatic amines is 1. The highest BCUT2D eigenvalue weighted by Gasteiger charge is 2.18. The minimum atomic E-state index is -3.99. The maximum Gasteiger partial charge on any atom is 0.262 e. The van der Waals surface area contributed by atoms with Crippen LogP contribution in [0.2, 0.25) is 0 Å². The lowest BCUT2D eigenvalue weighted by Crippen LogP contribution is -2.16. The molecule has 1 heterocycles. The second kappa shape index (κ2) is 5.33. The van der Waals surface area contributed by atoms with Gasteiger partial charge in [0.05, 0.1) is 27.2 Å². The van der Waals surface area contributed by atoms with Crippen LogP contribution in [0.1, 0.15) is 0 Å². The Morgan fingerprint density at radius 2 is 1.70 bits per heavy atom. The maximum absolute atomic E-state index is 12.5. The predicted molar refractivity (Wildman–Crippen MR) is 84.7 cm³/mol. The van der Waals surface area contributed by atoms with Crippen molar-refractivity contribution in [1.82, 2.24) is 10.2 Å². The van der Waals surface area contributed by atoms with Gasteiger partial charge in [-0.05, 0) is 24.3 Å². The lowest BCUT2D eigenvalue weighted by molar-refractivity contribution is 0.597. The number of para-hydroxylation sites is 1. The van der Waals surface area contributed by atoms with E-state index >= 15 is 0 Å². The van der Waals surface area contributed by atoms with Crippen molar-refractivity contribution in [2.75, 3.05) is 4.72 Å². The topological polar surface area (TPSA) is 135 Å². The van der Waals surface area contributed by atoms with Gasteiger partial charge in [-0.25, -0.2) is 22.0 Å². The van der Waals surface area contributed by atoms with Crippen molar-refractivity contribution in [1.29, 1.82) is 0 Å². The Morgan fingerprint density at radius 3 is 2.43 bits per heavy atom. The molecule has 0 spiro atoms. The van der Waals surface area contributed by atoms with Gasteiger partial charge in [0.2, 0.25) is 10.0 Å². The summed E-state index contributed by atoms with van der Waals surface area (Å²) in [4.78, 5) is -0.485. The van der Waals surface area contributed by atoms with Gasteiger partial charge in [-0.1, -0.05) is 18.2 Å². The van der Waals surface area contributed by atoms with Crippen molar-refractivity contribution in [3.8, 4) is 0 Å². The summed E-state index contributed by atoms with van der Waals surface area (Å²) in [7, 11) is -7.98. The molecular formula is C13H12N4O4S2. The Labute approximate surface area is 132 Å². The molecule has 8 nitrogen and oxygen atoms in total. The minimum absolute atomic E-state index is 0.208. The first kappa shape index (κ1) is 15.5. The van der Waals surface area contributed by atoms with Gasteiger partial charge in [0.25, 0.3) is 10.0 Å². The molecule has 3 aromatic rings. The number of hydrogen-bond donors (Lipinski definition) is 3. The Balaban J connectivity index is 2.04. The van der Waals surface area contributed by atoms with Crippen LogP contribution in [-0.2, 0) is 20.0 Å². The molecule has 0 unspecified atom stereocenters. The number of nitrogens with one attached hydrogen (secondary N) is 2. The molecule has 0 aliphatic carbocycles. The van der Waals surface area contributed by atoms with Crippen molar-refractivity contribution in [3.63, 3.8) is 0 Å². The first-order valence-corrected chi connectivity index (χ1v) is 9.38. The molecule has 0 saturated heterocycles. The summed E-state index contributed by atoms with van der Waals surface area (Å²) in [6.07, 6.45) is 1.56. The van der Waals surface area contributed by atoms with Crippen LogP contribution in [0.25, 0.3) is 10.9 Å². The van der Waals surface area contributed by atoms with Crippen LogP contribution in [0, 0.1) is 0 Å². The molecule has 0 radical (unpaired) electrons. The number of nitrogens with zero attached hydrogens (tertiary/aromatic N) is 1. The number of H-pyrrole nitrogens is 1. The summed E-state index contributed by atoms with van der Waals surface area (Å²) in [6, 6.07) is 9.85. The number of hydrogen-bond acceptors (Lipinski definition) is 5. The van der Waals surface area contributed by atoms with Gasteiger partial charge in [-0.15, -0.1) is 0 Å². The van der Waals surface area contributed by atoms with Gasteiger partial charge >= 0.3 is 0 Å². The molecule has 2 aromatic carbocycles. The van der Waals surface area contributed by atoms with Crippen LogP contribution >= 0.6 is 0 Å². The molecular weight excluding hydrogens is 340 g/mol. The van der Waals surface area contributed by atoms with E-state index in [2.05, 4.69) is 14.9 Å². The summed E-state index contributed by atoms with van der Waals surface area (Å²) in [5.41, 5.74) is 0.833. The van der Waals surface area contributed by atoms with Gasteiger partial charge in [0.15, 0.2) is 0 Å². The number of aromatic nitrogens is 2. The number of primary sulfonamides is 1. The fraction of sp³-hybridized carbons (Fsp3) is 0. The highest BCUT2D eigenvalue weighted by molar-refractivity contribution is 7.93. The zero-order valence-electron chi connectivity index (χ0n) is 11.6. The lowest BCUT2D eigenvalue weighted by atomic mass is 10.2. The van der Waals surface area contributed by atoms with E-state index in [1.54, 1.807) is 24.4 Å². The molecule has 4 N–H and O–H groups in total. The molecule has 0 bridgehead atoms. The quantitative estimate of drug-likeness (QED) is 0.644. The minimum Gasteiger partial charge on any atom is -0.277 e. The molecule has 0 aliphatic rings. The standard InChI is InChI=1S/C13H12N4O4S2/c14-22(18,19)10-4-2-5-11(7-10)23(20,21)17-12-6-1-3-9-8-15-16-13(9)12/h1-8,17H,(H,15,16)(H2,14,18,19). The summed E-state index contributed by atoms with van der Waals surface area (Å²) < 4.78 is 50.1. The molecule has 3 rings (SSSR count). The average Bonchev–Trinajstić information content (AvgIpc) is 2.96. The van der Waals surface area contributed by atoms with Gasteiger partial charge in [0.1, 0.15) is 0 Å². The van der Waals surface area contributed by atoms with E-state index < -0.39 is 20.0 Å². The van der Waals surface area contributed by atoms with Crippen molar-refractivity contribution in [2.45, 2.75) is 9.79 Å². The molecule has 10 heteroatoms. The molecule has 0 amide bonds. The third-order valence-corrected chi connectivity index (χ3v) is 5.44. The molecule has 0 atom stereocenters. The highest BCUT2D eigenvalue weighted by Crippen LogP contribution is 2.24. The summed E-state index contributed by atoms with van der Waals surface area (Å²) >= 11 is 0. The second-order valence-electron chi connectivity index (χ2n) is 4.77. The van der Waals surface area contributed by atoms with Gasteiger partial charge in [0, 0.05) is 5.39 Å². The van der Waals surface area contributed by atoms with Crippen LogP contribution < -0.4 is 9.86 Å². The molecule has 0 aliphatic heterocycles. The van der Waals surface area contributed by atoms with Crippen molar-refractivity contribution >= 4 is 36.6 Å². The Morgan fingerprint density at radius 1 is 1.00 bits per heavy atom. The van der Waals surface area contributed by atoms with E-state index in [-0.39, 0.29) is 9.79 Å². The SMILES string of the molecule is NS(=O)(=O)c1cccc(S(=O)(=O)Nc2cccc3cn[nH]c23)c1. The highest BCUT2D eigenvalue weighted by atomic mass is 32.2. The fourth-order valence-electron chi connectivity index (χ4n) is 2.08. The number of rotatable bonds is 4. The molecule has 0 saturated carbocycles. The average molecular weight is 352 g/mol. The zero-order valence-corrected chi connectivity index (χ0v) is 13.2. The third kappa shape index (κ3) is 3.04. The predicted octanol–water partition coefficient (Wildman–Crippen LogP) is 1.01. The van der Waals surface area contributed by atoms with E-state index in [9.17, 15) is 16.8 Å². The Kier molecular flexibility index (Phi) is 3.59. The summed E-state index contributed by atoms with van der Waals surface area (Å²) in [5.74, 6) is 0. The van der Waals surface area contributed by atoms with Crippen LogP contribution in [0.15, 0.2) is 58.5 Å². The van der Waals surface area contributed by atoms with Crippen LogP contribution in [0.4, 0.5) is 5.69 Å². The van der Waals surface area contributed by atoms with E-state index in [1.165, 1.54) is 18.2 Å². The first-order chi connectivity index (χ1) is 10.8. The Bertz CT molecular complexity index is 1090. The summed E-state index contributed by atoms with van der Waals surface area (Å²) in [6.45, 7) is 0. The normalized spacial score (nSPS) is 12.4. The van der Waals surface area contributed by atoms with E-state index in [1.807, 2.05) is 0 Å². The van der Waals surface area contributed by atoms with Crippen LogP contribution in [-0.4, -0.2) is 27.0 Å². The second-order valence-corrected chi connectivity index (χ2v) is 8.01. The zero-order chi connectivity index (χ0) is 16.7. The first-order valence-electron chi connectivity index (χ1n) is 6.35. The number of fused-ring (bicyclic) bond motifs is 1. The van der Waals surface area contributed by atoms with E-state index in [0.717, 1.165) is 11.5 Å². The van der Waals surface area contributed by atoms with Crippen LogP contribution in [0.5, 0.6) is 0 Å².